The van der Waals surface area contributed by atoms with Gasteiger partial charge < -0.3 is 0 Å². The standard InChI is InChI=1S/C14H14S/c1-2-7-13(8-3-1)9-4-5-10-14-11-6-12-15-14/h1-4,6-9,11-12H,5,10H2/b9-4+. The highest BCUT2D eigenvalue weighted by Gasteiger charge is 1.90. The van der Waals surface area contributed by atoms with E-state index < -0.39 is 0 Å². The van der Waals surface area contributed by atoms with E-state index >= 15 is 0 Å². The molecule has 0 nitrogen and oxygen atoms in total. The second-order valence-electron chi connectivity index (χ2n) is 3.43. The maximum absolute atomic E-state index is 2.25. The molecule has 2 aromatic rings. The summed E-state index contributed by atoms with van der Waals surface area (Å²) in [5, 5.41) is 2.14. The first-order valence-corrected chi connectivity index (χ1v) is 6.07. The van der Waals surface area contributed by atoms with Crippen molar-refractivity contribution in [2.75, 3.05) is 0 Å². The van der Waals surface area contributed by atoms with E-state index in [9.17, 15) is 0 Å². The van der Waals surface area contributed by atoms with Gasteiger partial charge >= 0.3 is 0 Å². The van der Waals surface area contributed by atoms with Gasteiger partial charge in [-0.1, -0.05) is 48.6 Å². The lowest BCUT2D eigenvalue weighted by Crippen LogP contribution is -1.75. The van der Waals surface area contributed by atoms with Crippen molar-refractivity contribution in [3.05, 3.63) is 64.4 Å². The number of aryl methyl sites for hydroxylation is 1. The second-order valence-corrected chi connectivity index (χ2v) is 4.46. The highest BCUT2D eigenvalue weighted by molar-refractivity contribution is 7.09. The second kappa shape index (κ2) is 5.52. The van der Waals surface area contributed by atoms with Gasteiger partial charge in [-0.05, 0) is 29.9 Å². The van der Waals surface area contributed by atoms with Crippen LogP contribution in [0, 0.1) is 0 Å². The van der Waals surface area contributed by atoms with Gasteiger partial charge in [0.2, 0.25) is 0 Å². The van der Waals surface area contributed by atoms with E-state index in [0.717, 1.165) is 12.8 Å². The van der Waals surface area contributed by atoms with E-state index in [2.05, 4.69) is 53.9 Å². The Labute approximate surface area is 94.9 Å². The molecule has 0 atom stereocenters. The summed E-state index contributed by atoms with van der Waals surface area (Å²) in [6, 6.07) is 14.7. The number of rotatable bonds is 4. The summed E-state index contributed by atoms with van der Waals surface area (Å²) in [6.07, 6.45) is 6.71. The Hall–Kier alpha value is -1.34. The number of thiophene rings is 1. The molecule has 0 unspecified atom stereocenters. The van der Waals surface area contributed by atoms with Crippen molar-refractivity contribution in [1.29, 1.82) is 0 Å². The van der Waals surface area contributed by atoms with Crippen LogP contribution in [0.1, 0.15) is 16.9 Å². The van der Waals surface area contributed by atoms with Gasteiger partial charge in [0.05, 0.1) is 0 Å². The van der Waals surface area contributed by atoms with Crippen LogP contribution in [-0.4, -0.2) is 0 Å². The molecule has 1 aromatic carbocycles. The molecule has 0 saturated heterocycles. The van der Waals surface area contributed by atoms with Crippen LogP contribution < -0.4 is 0 Å². The van der Waals surface area contributed by atoms with E-state index in [1.54, 1.807) is 0 Å². The topological polar surface area (TPSA) is 0 Å². The summed E-state index contributed by atoms with van der Waals surface area (Å²) in [4.78, 5) is 1.47. The molecule has 1 heteroatoms. The lowest BCUT2D eigenvalue weighted by molar-refractivity contribution is 1.03. The number of allylic oxidation sites excluding steroid dienone is 1. The molecule has 0 saturated carbocycles. The minimum Gasteiger partial charge on any atom is -0.149 e. The van der Waals surface area contributed by atoms with Crippen molar-refractivity contribution in [1.82, 2.24) is 0 Å². The quantitative estimate of drug-likeness (QED) is 0.708. The van der Waals surface area contributed by atoms with E-state index in [0.29, 0.717) is 0 Å². The van der Waals surface area contributed by atoms with Gasteiger partial charge in [0.15, 0.2) is 0 Å². The van der Waals surface area contributed by atoms with Crippen LogP contribution in [0.15, 0.2) is 53.9 Å². The largest absolute Gasteiger partial charge is 0.149 e. The van der Waals surface area contributed by atoms with Crippen LogP contribution in [-0.2, 0) is 6.42 Å². The van der Waals surface area contributed by atoms with Crippen LogP contribution in [0.25, 0.3) is 6.08 Å². The molecule has 0 amide bonds. The van der Waals surface area contributed by atoms with Crippen LogP contribution in [0.4, 0.5) is 0 Å². The SMILES string of the molecule is C(=C\c1ccccc1)/CCc1cccs1. The predicted molar refractivity (Wildman–Crippen MR) is 68.1 cm³/mol. The average molecular weight is 214 g/mol. The third-order valence-electron chi connectivity index (χ3n) is 2.25. The predicted octanol–water partition coefficient (Wildman–Crippen LogP) is 4.39. The highest BCUT2D eigenvalue weighted by atomic mass is 32.1. The summed E-state index contributed by atoms with van der Waals surface area (Å²) >= 11 is 1.84. The first-order chi connectivity index (χ1) is 7.45. The molecule has 15 heavy (non-hydrogen) atoms. The molecule has 0 aliphatic carbocycles. The maximum Gasteiger partial charge on any atom is 0.00483 e. The zero-order chi connectivity index (χ0) is 10.3. The fourth-order valence-electron chi connectivity index (χ4n) is 1.46. The Morgan fingerprint density at radius 1 is 1.00 bits per heavy atom. The minimum absolute atomic E-state index is 1.12. The average Bonchev–Trinajstić information content (AvgIpc) is 2.79. The number of hydrogen-bond acceptors (Lipinski definition) is 1. The van der Waals surface area contributed by atoms with Crippen molar-refractivity contribution in [2.45, 2.75) is 12.8 Å². The van der Waals surface area contributed by atoms with Crippen LogP contribution in [0.5, 0.6) is 0 Å². The molecule has 0 aliphatic heterocycles. The number of hydrogen-bond donors (Lipinski definition) is 0. The van der Waals surface area contributed by atoms with Crippen molar-refractivity contribution in [3.63, 3.8) is 0 Å². The summed E-state index contributed by atoms with van der Waals surface area (Å²) in [5.74, 6) is 0. The maximum atomic E-state index is 2.25. The van der Waals surface area contributed by atoms with Gasteiger partial charge in [-0.3, -0.25) is 0 Å². The fourth-order valence-corrected chi connectivity index (χ4v) is 2.19. The lowest BCUT2D eigenvalue weighted by atomic mass is 10.2. The first kappa shape index (κ1) is 10.2. The zero-order valence-corrected chi connectivity index (χ0v) is 9.41. The Bertz CT molecular complexity index is 398. The molecule has 0 fully saturated rings. The summed E-state index contributed by atoms with van der Waals surface area (Å²) < 4.78 is 0. The molecule has 0 N–H and O–H groups in total. The highest BCUT2D eigenvalue weighted by Crippen LogP contribution is 2.11. The third-order valence-corrected chi connectivity index (χ3v) is 3.18. The van der Waals surface area contributed by atoms with E-state index in [1.807, 2.05) is 17.4 Å². The fraction of sp³-hybridized carbons (Fsp3) is 0.143. The molecule has 0 radical (unpaired) electrons. The van der Waals surface area contributed by atoms with Gasteiger partial charge in [-0.25, -0.2) is 0 Å². The molecule has 0 spiro atoms. The molecular weight excluding hydrogens is 200 g/mol. The van der Waals surface area contributed by atoms with Gasteiger partial charge in [0.1, 0.15) is 0 Å². The Morgan fingerprint density at radius 3 is 2.60 bits per heavy atom. The Morgan fingerprint density at radius 2 is 1.87 bits per heavy atom. The summed E-state index contributed by atoms with van der Waals surface area (Å²) in [5.41, 5.74) is 1.28. The molecule has 0 bridgehead atoms. The van der Waals surface area contributed by atoms with Gasteiger partial charge in [-0.15, -0.1) is 11.3 Å². The number of benzene rings is 1. The smallest absolute Gasteiger partial charge is 0.00483 e. The first-order valence-electron chi connectivity index (χ1n) is 5.19. The van der Waals surface area contributed by atoms with Gasteiger partial charge in [0, 0.05) is 4.88 Å². The van der Waals surface area contributed by atoms with Crippen LogP contribution in [0.3, 0.4) is 0 Å². The summed E-state index contributed by atoms with van der Waals surface area (Å²) in [7, 11) is 0. The van der Waals surface area contributed by atoms with Crippen LogP contribution >= 0.6 is 11.3 Å². The van der Waals surface area contributed by atoms with Crippen molar-refractivity contribution >= 4 is 17.4 Å². The molecule has 0 aliphatic rings. The molecular formula is C14H14S. The van der Waals surface area contributed by atoms with Crippen LogP contribution in [0.2, 0.25) is 0 Å². The van der Waals surface area contributed by atoms with E-state index in [-0.39, 0.29) is 0 Å². The molecule has 76 valence electrons. The zero-order valence-electron chi connectivity index (χ0n) is 8.60. The summed E-state index contributed by atoms with van der Waals surface area (Å²) in [6.45, 7) is 0. The normalized spacial score (nSPS) is 10.9. The Kier molecular flexibility index (Phi) is 3.75. The lowest BCUT2D eigenvalue weighted by Gasteiger charge is -1.92. The van der Waals surface area contributed by atoms with E-state index in [1.165, 1.54) is 10.4 Å². The van der Waals surface area contributed by atoms with Gasteiger partial charge in [-0.2, -0.15) is 0 Å². The minimum atomic E-state index is 1.12. The van der Waals surface area contributed by atoms with Crippen molar-refractivity contribution in [3.8, 4) is 0 Å². The van der Waals surface area contributed by atoms with Crippen molar-refractivity contribution < 1.29 is 0 Å². The van der Waals surface area contributed by atoms with E-state index in [4.69, 9.17) is 0 Å². The monoisotopic (exact) mass is 214 g/mol. The third kappa shape index (κ3) is 3.37. The van der Waals surface area contributed by atoms with Crippen molar-refractivity contribution in [2.24, 2.45) is 0 Å². The molecule has 2 rings (SSSR count). The molecule has 1 heterocycles. The molecule has 1 aromatic heterocycles. The Balaban J connectivity index is 1.81. The van der Waals surface area contributed by atoms with Gasteiger partial charge in [0.25, 0.3) is 0 Å².